The molecule has 0 amide bonds. The van der Waals surface area contributed by atoms with Crippen molar-refractivity contribution in [2.45, 2.75) is 19.4 Å². The topological polar surface area (TPSA) is 29.5 Å². The summed E-state index contributed by atoms with van der Waals surface area (Å²) in [6.07, 6.45) is -0.113. The summed E-state index contributed by atoms with van der Waals surface area (Å²) >= 11 is 0. The molecule has 0 aliphatic heterocycles. The number of halogens is 1. The molecule has 0 aliphatic rings. The van der Waals surface area contributed by atoms with E-state index in [1.807, 2.05) is 31.2 Å². The van der Waals surface area contributed by atoms with E-state index in [1.54, 1.807) is 19.2 Å². The summed E-state index contributed by atoms with van der Waals surface area (Å²) in [5, 5.41) is 10.3. The molecule has 0 saturated carbocycles. The Kier molecular flexibility index (Phi) is 4.88. The Bertz CT molecular complexity index is 564. The number of benzene rings is 2. The fraction of sp³-hybridized carbons (Fsp3) is 0.294. The third-order valence-electron chi connectivity index (χ3n) is 3.34. The zero-order valence-electron chi connectivity index (χ0n) is 11.8. The van der Waals surface area contributed by atoms with Gasteiger partial charge < -0.3 is 9.84 Å². The molecule has 0 bridgehead atoms. The molecular weight excluding hydrogens is 255 g/mol. The maximum atomic E-state index is 13.8. The maximum absolute atomic E-state index is 13.8. The number of hydrogen-bond donors (Lipinski definition) is 1. The fourth-order valence-electron chi connectivity index (χ4n) is 2.14. The van der Waals surface area contributed by atoms with Gasteiger partial charge >= 0.3 is 0 Å². The zero-order valence-corrected chi connectivity index (χ0v) is 11.8. The van der Waals surface area contributed by atoms with Crippen LogP contribution >= 0.6 is 0 Å². The van der Waals surface area contributed by atoms with Crippen molar-refractivity contribution < 1.29 is 14.2 Å². The molecule has 0 spiro atoms. The molecule has 2 nitrogen and oxygen atoms in total. The molecule has 2 aromatic rings. The molecule has 0 saturated heterocycles. The smallest absolute Gasteiger partial charge is 0.129 e. The molecule has 0 aromatic heterocycles. The first kappa shape index (κ1) is 14.7. The van der Waals surface area contributed by atoms with Crippen molar-refractivity contribution in [3.05, 3.63) is 70.5 Å². The van der Waals surface area contributed by atoms with E-state index in [4.69, 9.17) is 4.74 Å². The number of hydrogen-bond acceptors (Lipinski definition) is 2. The van der Waals surface area contributed by atoms with Crippen LogP contribution in [0.5, 0.6) is 0 Å². The van der Waals surface area contributed by atoms with Crippen molar-refractivity contribution in [3.8, 4) is 0 Å². The van der Waals surface area contributed by atoms with Crippen LogP contribution in [-0.4, -0.2) is 18.8 Å². The Morgan fingerprint density at radius 1 is 1.15 bits per heavy atom. The second kappa shape index (κ2) is 6.64. The Labute approximate surface area is 118 Å². The normalized spacial score (nSPS) is 12.4. The highest BCUT2D eigenvalue weighted by Gasteiger charge is 2.15. The van der Waals surface area contributed by atoms with Gasteiger partial charge in [0.15, 0.2) is 0 Å². The van der Waals surface area contributed by atoms with E-state index in [-0.39, 0.29) is 5.82 Å². The third kappa shape index (κ3) is 3.44. The lowest BCUT2D eigenvalue weighted by Gasteiger charge is -2.14. The van der Waals surface area contributed by atoms with E-state index < -0.39 is 6.10 Å². The van der Waals surface area contributed by atoms with Crippen LogP contribution in [0.3, 0.4) is 0 Å². The van der Waals surface area contributed by atoms with E-state index in [2.05, 4.69) is 0 Å². The Morgan fingerprint density at radius 2 is 1.85 bits per heavy atom. The first-order chi connectivity index (χ1) is 9.61. The molecule has 2 rings (SSSR count). The van der Waals surface area contributed by atoms with Gasteiger partial charge in [0, 0.05) is 12.7 Å². The van der Waals surface area contributed by atoms with Crippen LogP contribution in [0, 0.1) is 12.7 Å². The summed E-state index contributed by atoms with van der Waals surface area (Å²) in [5.74, 6) is -0.383. The van der Waals surface area contributed by atoms with E-state index in [0.717, 1.165) is 17.5 Å². The molecule has 0 radical (unpaired) electrons. The molecule has 3 heteroatoms. The van der Waals surface area contributed by atoms with Crippen LogP contribution in [0.2, 0.25) is 0 Å². The van der Waals surface area contributed by atoms with E-state index >= 15 is 0 Å². The zero-order chi connectivity index (χ0) is 14.5. The van der Waals surface area contributed by atoms with E-state index in [0.29, 0.717) is 17.7 Å². The molecule has 0 fully saturated rings. The molecule has 0 aliphatic carbocycles. The molecule has 106 valence electrons. The monoisotopic (exact) mass is 274 g/mol. The standard InChI is InChI=1S/C17H19FO2/c1-12-3-8-16(18)15(11-12)17(19)14-6-4-13(5-7-14)9-10-20-2/h3-8,11,17,19H,9-10H2,1-2H3. The summed E-state index contributed by atoms with van der Waals surface area (Å²) in [6, 6.07) is 12.3. The number of methoxy groups -OCH3 is 1. The molecule has 1 N–H and O–H groups in total. The van der Waals surface area contributed by atoms with Crippen molar-refractivity contribution in [2.75, 3.05) is 13.7 Å². The van der Waals surface area contributed by atoms with Crippen LogP contribution in [0.15, 0.2) is 42.5 Å². The third-order valence-corrected chi connectivity index (χ3v) is 3.34. The van der Waals surface area contributed by atoms with Crippen LogP contribution in [0.4, 0.5) is 4.39 Å². The van der Waals surface area contributed by atoms with Crippen LogP contribution in [0.1, 0.15) is 28.4 Å². The predicted octanol–water partition coefficient (Wildman–Crippen LogP) is 3.40. The quantitative estimate of drug-likeness (QED) is 0.905. The van der Waals surface area contributed by atoms with E-state index in [1.165, 1.54) is 6.07 Å². The number of ether oxygens (including phenoxy) is 1. The second-order valence-electron chi connectivity index (χ2n) is 4.91. The summed E-state index contributed by atoms with van der Waals surface area (Å²) in [6.45, 7) is 2.54. The minimum atomic E-state index is -0.939. The van der Waals surface area contributed by atoms with Gasteiger partial charge in [-0.2, -0.15) is 0 Å². The van der Waals surface area contributed by atoms with Crippen LogP contribution in [-0.2, 0) is 11.2 Å². The van der Waals surface area contributed by atoms with Gasteiger partial charge in [0.25, 0.3) is 0 Å². The second-order valence-corrected chi connectivity index (χ2v) is 4.91. The highest BCUT2D eigenvalue weighted by molar-refractivity contribution is 5.34. The lowest BCUT2D eigenvalue weighted by molar-refractivity contribution is 0.202. The van der Waals surface area contributed by atoms with Crippen LogP contribution < -0.4 is 0 Å². The van der Waals surface area contributed by atoms with Gasteiger partial charge in [-0.15, -0.1) is 0 Å². The molecule has 0 heterocycles. The number of aliphatic hydroxyl groups excluding tert-OH is 1. The Hall–Kier alpha value is -1.71. The van der Waals surface area contributed by atoms with Gasteiger partial charge in [-0.1, -0.05) is 42.0 Å². The first-order valence-corrected chi connectivity index (χ1v) is 6.63. The fourth-order valence-corrected chi connectivity index (χ4v) is 2.14. The lowest BCUT2D eigenvalue weighted by atomic mass is 9.98. The number of aryl methyl sites for hydroxylation is 1. The average molecular weight is 274 g/mol. The Morgan fingerprint density at radius 3 is 2.50 bits per heavy atom. The van der Waals surface area contributed by atoms with Gasteiger partial charge in [0.1, 0.15) is 11.9 Å². The van der Waals surface area contributed by atoms with Crippen molar-refractivity contribution in [1.29, 1.82) is 0 Å². The summed E-state index contributed by atoms with van der Waals surface area (Å²) in [4.78, 5) is 0. The van der Waals surface area contributed by atoms with Crippen molar-refractivity contribution in [3.63, 3.8) is 0 Å². The van der Waals surface area contributed by atoms with Crippen molar-refractivity contribution in [2.24, 2.45) is 0 Å². The molecular formula is C17H19FO2. The van der Waals surface area contributed by atoms with Crippen molar-refractivity contribution >= 4 is 0 Å². The maximum Gasteiger partial charge on any atom is 0.129 e. The Balaban J connectivity index is 2.20. The first-order valence-electron chi connectivity index (χ1n) is 6.63. The molecule has 20 heavy (non-hydrogen) atoms. The summed E-state index contributed by atoms with van der Waals surface area (Å²) in [7, 11) is 1.67. The van der Waals surface area contributed by atoms with Gasteiger partial charge in [0.05, 0.1) is 6.61 Å². The van der Waals surface area contributed by atoms with Gasteiger partial charge in [-0.25, -0.2) is 4.39 Å². The van der Waals surface area contributed by atoms with Crippen LogP contribution in [0.25, 0.3) is 0 Å². The highest BCUT2D eigenvalue weighted by atomic mass is 19.1. The van der Waals surface area contributed by atoms with Crippen molar-refractivity contribution in [1.82, 2.24) is 0 Å². The lowest BCUT2D eigenvalue weighted by Crippen LogP contribution is -2.03. The van der Waals surface area contributed by atoms with Gasteiger partial charge in [-0.05, 0) is 30.5 Å². The summed E-state index contributed by atoms with van der Waals surface area (Å²) < 4.78 is 18.8. The van der Waals surface area contributed by atoms with Gasteiger partial charge in [-0.3, -0.25) is 0 Å². The molecule has 1 atom stereocenters. The highest BCUT2D eigenvalue weighted by Crippen LogP contribution is 2.25. The average Bonchev–Trinajstić information content (AvgIpc) is 2.47. The minimum absolute atomic E-state index is 0.314. The van der Waals surface area contributed by atoms with Gasteiger partial charge in [0.2, 0.25) is 0 Å². The molecule has 1 unspecified atom stereocenters. The van der Waals surface area contributed by atoms with E-state index in [9.17, 15) is 9.50 Å². The number of aliphatic hydroxyl groups is 1. The SMILES string of the molecule is COCCc1ccc(C(O)c2cc(C)ccc2F)cc1. The minimum Gasteiger partial charge on any atom is -0.384 e. The largest absolute Gasteiger partial charge is 0.384 e. The summed E-state index contributed by atoms with van der Waals surface area (Å²) in [5.41, 5.74) is 3.06. The molecule has 2 aromatic carbocycles. The predicted molar refractivity (Wildman–Crippen MR) is 77.2 cm³/mol. The number of rotatable bonds is 5.